The minimum Gasteiger partial charge on any atom is -0.491 e. The van der Waals surface area contributed by atoms with Gasteiger partial charge in [0, 0.05) is 0 Å². The zero-order valence-electron chi connectivity index (χ0n) is 16.1. The van der Waals surface area contributed by atoms with E-state index in [9.17, 15) is 9.59 Å². The quantitative estimate of drug-likeness (QED) is 0.473. The van der Waals surface area contributed by atoms with Crippen LogP contribution in [0.15, 0.2) is 54.1 Å². The lowest BCUT2D eigenvalue weighted by Gasteiger charge is -2.30. The normalized spacial score (nSPS) is 16.9. The first-order valence-corrected chi connectivity index (χ1v) is 9.55. The van der Waals surface area contributed by atoms with E-state index in [1.165, 1.54) is 4.90 Å². The van der Waals surface area contributed by atoms with Crippen LogP contribution in [0.5, 0.6) is 5.75 Å². The van der Waals surface area contributed by atoms with E-state index in [0.29, 0.717) is 5.69 Å². The van der Waals surface area contributed by atoms with Crippen molar-refractivity contribution >= 4 is 40.9 Å². The standard InChI is InChI=1S/C22H22N2O3S/c1-4-15(3)27-17-11-9-16(10-12-17)13-18-20(25)23-22(28)24(21(18)26)19-8-6-5-7-14(19)2/h5-13,15H,4H2,1-3H3,(H,23,25,28)/b18-13+/t15-/m1/s1. The average molecular weight is 394 g/mol. The van der Waals surface area contributed by atoms with Crippen LogP contribution in [-0.4, -0.2) is 23.0 Å². The number of para-hydroxylation sites is 1. The van der Waals surface area contributed by atoms with E-state index in [1.54, 1.807) is 12.1 Å². The number of nitrogens with zero attached hydrogens (tertiary/aromatic N) is 1. The minimum absolute atomic E-state index is 0.0347. The van der Waals surface area contributed by atoms with Crippen molar-refractivity contribution in [3.05, 3.63) is 65.2 Å². The Morgan fingerprint density at radius 1 is 1.14 bits per heavy atom. The number of ether oxygens (including phenoxy) is 1. The lowest BCUT2D eigenvalue weighted by atomic mass is 10.1. The molecule has 0 bridgehead atoms. The number of rotatable bonds is 5. The summed E-state index contributed by atoms with van der Waals surface area (Å²) in [6, 6.07) is 14.7. The molecule has 0 spiro atoms. The Labute approximate surface area is 170 Å². The SMILES string of the molecule is CC[C@@H](C)Oc1ccc(/C=C2\C(=O)NC(=S)N(c3ccccc3C)C2=O)cc1. The second-order valence-corrected chi connectivity index (χ2v) is 7.04. The number of anilines is 1. The van der Waals surface area contributed by atoms with Gasteiger partial charge in [-0.15, -0.1) is 0 Å². The van der Waals surface area contributed by atoms with Gasteiger partial charge in [-0.25, -0.2) is 0 Å². The van der Waals surface area contributed by atoms with Crippen LogP contribution in [0, 0.1) is 6.92 Å². The van der Waals surface area contributed by atoms with E-state index in [2.05, 4.69) is 12.2 Å². The van der Waals surface area contributed by atoms with Crippen molar-refractivity contribution in [3.63, 3.8) is 0 Å². The highest BCUT2D eigenvalue weighted by Gasteiger charge is 2.34. The summed E-state index contributed by atoms with van der Waals surface area (Å²) in [6.07, 6.45) is 2.60. The largest absolute Gasteiger partial charge is 0.491 e. The van der Waals surface area contributed by atoms with Gasteiger partial charge in [-0.05, 0) is 67.9 Å². The van der Waals surface area contributed by atoms with Crippen LogP contribution in [0.3, 0.4) is 0 Å². The van der Waals surface area contributed by atoms with Crippen LogP contribution < -0.4 is 15.0 Å². The molecule has 1 heterocycles. The molecule has 144 valence electrons. The van der Waals surface area contributed by atoms with Crippen LogP contribution in [0.4, 0.5) is 5.69 Å². The van der Waals surface area contributed by atoms with Gasteiger partial charge in [-0.2, -0.15) is 0 Å². The monoisotopic (exact) mass is 394 g/mol. The third-order valence-corrected chi connectivity index (χ3v) is 4.85. The molecule has 1 fully saturated rings. The molecule has 0 aliphatic carbocycles. The van der Waals surface area contributed by atoms with Gasteiger partial charge < -0.3 is 4.74 Å². The van der Waals surface area contributed by atoms with Crippen molar-refractivity contribution in [1.82, 2.24) is 5.32 Å². The Bertz CT molecular complexity index is 951. The molecule has 6 heteroatoms. The maximum Gasteiger partial charge on any atom is 0.270 e. The molecule has 1 saturated heterocycles. The van der Waals surface area contributed by atoms with Crippen molar-refractivity contribution < 1.29 is 14.3 Å². The molecule has 1 aliphatic heterocycles. The van der Waals surface area contributed by atoms with Crippen molar-refractivity contribution in [2.24, 2.45) is 0 Å². The maximum atomic E-state index is 13.0. The number of aryl methyl sites for hydroxylation is 1. The van der Waals surface area contributed by atoms with E-state index >= 15 is 0 Å². The average Bonchev–Trinajstić information content (AvgIpc) is 2.67. The van der Waals surface area contributed by atoms with Crippen LogP contribution in [0.25, 0.3) is 6.08 Å². The molecule has 0 unspecified atom stereocenters. The van der Waals surface area contributed by atoms with Crippen LogP contribution in [0.1, 0.15) is 31.4 Å². The fourth-order valence-corrected chi connectivity index (χ4v) is 3.09. The molecule has 0 saturated carbocycles. The Morgan fingerprint density at radius 2 is 1.82 bits per heavy atom. The molecule has 0 radical (unpaired) electrons. The lowest BCUT2D eigenvalue weighted by molar-refractivity contribution is -0.122. The second kappa shape index (κ2) is 8.35. The topological polar surface area (TPSA) is 58.6 Å². The van der Waals surface area contributed by atoms with E-state index in [-0.39, 0.29) is 16.8 Å². The van der Waals surface area contributed by atoms with Gasteiger partial charge in [0.2, 0.25) is 0 Å². The summed E-state index contributed by atoms with van der Waals surface area (Å²) in [5.41, 5.74) is 2.31. The summed E-state index contributed by atoms with van der Waals surface area (Å²) in [4.78, 5) is 26.8. The summed E-state index contributed by atoms with van der Waals surface area (Å²) in [5.74, 6) is -0.193. The number of benzene rings is 2. The number of amides is 2. The van der Waals surface area contributed by atoms with Crippen molar-refractivity contribution in [2.45, 2.75) is 33.3 Å². The fraction of sp³-hybridized carbons (Fsp3) is 0.227. The fourth-order valence-electron chi connectivity index (χ4n) is 2.82. The van der Waals surface area contributed by atoms with E-state index in [1.807, 2.05) is 56.3 Å². The predicted molar refractivity (Wildman–Crippen MR) is 114 cm³/mol. The number of thiocarbonyl (C=S) groups is 1. The molecule has 2 amide bonds. The maximum absolute atomic E-state index is 13.0. The van der Waals surface area contributed by atoms with Crippen molar-refractivity contribution in [2.75, 3.05) is 4.90 Å². The first kappa shape index (κ1) is 19.8. The Kier molecular flexibility index (Phi) is 5.90. The summed E-state index contributed by atoms with van der Waals surface area (Å²) in [7, 11) is 0. The molecule has 5 nitrogen and oxygen atoms in total. The summed E-state index contributed by atoms with van der Waals surface area (Å²) < 4.78 is 5.76. The molecule has 2 aromatic rings. The van der Waals surface area contributed by atoms with Gasteiger partial charge >= 0.3 is 0 Å². The van der Waals surface area contributed by atoms with E-state index in [4.69, 9.17) is 17.0 Å². The zero-order chi connectivity index (χ0) is 20.3. The Balaban J connectivity index is 1.90. The molecule has 3 rings (SSSR count). The lowest BCUT2D eigenvalue weighted by Crippen LogP contribution is -2.54. The van der Waals surface area contributed by atoms with Gasteiger partial charge in [0.05, 0.1) is 11.8 Å². The van der Waals surface area contributed by atoms with Crippen LogP contribution >= 0.6 is 12.2 Å². The Morgan fingerprint density at radius 3 is 2.46 bits per heavy atom. The molecular weight excluding hydrogens is 372 g/mol. The first-order chi connectivity index (χ1) is 13.4. The summed E-state index contributed by atoms with van der Waals surface area (Å²) in [5, 5.41) is 2.69. The van der Waals surface area contributed by atoms with E-state index < -0.39 is 11.8 Å². The first-order valence-electron chi connectivity index (χ1n) is 9.14. The third kappa shape index (κ3) is 4.12. The molecule has 1 aliphatic rings. The highest BCUT2D eigenvalue weighted by atomic mass is 32.1. The molecule has 1 atom stereocenters. The molecule has 28 heavy (non-hydrogen) atoms. The molecule has 1 N–H and O–H groups in total. The molecule has 2 aromatic carbocycles. The smallest absolute Gasteiger partial charge is 0.270 e. The van der Waals surface area contributed by atoms with Gasteiger partial charge in [-0.3, -0.25) is 19.8 Å². The Hall–Kier alpha value is -2.99. The van der Waals surface area contributed by atoms with Crippen LogP contribution in [0.2, 0.25) is 0 Å². The van der Waals surface area contributed by atoms with Crippen molar-refractivity contribution in [3.8, 4) is 5.75 Å². The van der Waals surface area contributed by atoms with Gasteiger partial charge in [0.25, 0.3) is 11.8 Å². The minimum atomic E-state index is -0.500. The van der Waals surface area contributed by atoms with E-state index in [0.717, 1.165) is 23.3 Å². The van der Waals surface area contributed by atoms with Crippen LogP contribution in [-0.2, 0) is 9.59 Å². The number of carbonyl (C=O) groups excluding carboxylic acids is 2. The predicted octanol–water partition coefficient (Wildman–Crippen LogP) is 4.00. The van der Waals surface area contributed by atoms with Gasteiger partial charge in [0.15, 0.2) is 5.11 Å². The molecule has 0 aromatic heterocycles. The summed E-state index contributed by atoms with van der Waals surface area (Å²) in [6.45, 7) is 5.95. The highest BCUT2D eigenvalue weighted by Crippen LogP contribution is 2.25. The highest BCUT2D eigenvalue weighted by molar-refractivity contribution is 7.80. The third-order valence-electron chi connectivity index (χ3n) is 4.56. The number of nitrogens with one attached hydrogen (secondary N) is 1. The van der Waals surface area contributed by atoms with Crippen molar-refractivity contribution in [1.29, 1.82) is 0 Å². The second-order valence-electron chi connectivity index (χ2n) is 6.65. The summed E-state index contributed by atoms with van der Waals surface area (Å²) >= 11 is 5.24. The zero-order valence-corrected chi connectivity index (χ0v) is 16.9. The number of hydrogen-bond donors (Lipinski definition) is 1. The number of carbonyl (C=O) groups is 2. The van der Waals surface area contributed by atoms with Gasteiger partial charge in [0.1, 0.15) is 11.3 Å². The number of hydrogen-bond acceptors (Lipinski definition) is 4. The van der Waals surface area contributed by atoms with Gasteiger partial charge in [-0.1, -0.05) is 37.3 Å². The molecular formula is C22H22N2O3S.